The molecule has 1 atom stereocenters. The van der Waals surface area contributed by atoms with Crippen LogP contribution >= 0.6 is 0 Å². The number of hydrogen-bond acceptors (Lipinski definition) is 4. The largest absolute Gasteiger partial charge is 0.318 e. The summed E-state index contributed by atoms with van der Waals surface area (Å²) in [7, 11) is -1.58. The Morgan fingerprint density at radius 1 is 1.56 bits per heavy atom. The summed E-state index contributed by atoms with van der Waals surface area (Å²) in [5.41, 5.74) is 0.0786. The first kappa shape index (κ1) is 13.5. The van der Waals surface area contributed by atoms with Crippen LogP contribution in [0.2, 0.25) is 0 Å². The monoisotopic (exact) mass is 272 g/mol. The van der Waals surface area contributed by atoms with Crippen molar-refractivity contribution in [3.8, 4) is 0 Å². The zero-order valence-corrected chi connectivity index (χ0v) is 11.8. The second-order valence-corrected chi connectivity index (χ2v) is 7.12. The van der Waals surface area contributed by atoms with E-state index in [4.69, 9.17) is 0 Å². The third kappa shape index (κ3) is 2.90. The van der Waals surface area contributed by atoms with Crippen LogP contribution in [-0.4, -0.2) is 37.8 Å². The predicted octanol–water partition coefficient (Wildman–Crippen LogP) is 0.179. The lowest BCUT2D eigenvalue weighted by molar-refractivity contribution is 0.554. The summed E-state index contributed by atoms with van der Waals surface area (Å²) >= 11 is 0. The van der Waals surface area contributed by atoms with Crippen LogP contribution in [-0.2, 0) is 16.6 Å². The molecule has 18 heavy (non-hydrogen) atoms. The van der Waals surface area contributed by atoms with Gasteiger partial charge in [-0.05, 0) is 18.9 Å². The van der Waals surface area contributed by atoms with Gasteiger partial charge in [-0.15, -0.1) is 0 Å². The molecule has 2 rings (SSSR count). The second-order valence-electron chi connectivity index (χ2n) is 5.41. The Morgan fingerprint density at radius 3 is 2.78 bits per heavy atom. The molecule has 0 bridgehead atoms. The lowest BCUT2D eigenvalue weighted by Gasteiger charge is -2.06. The standard InChI is InChI=1S/C11H20N4O2S/c1-11(2)6-10(11)14-18(16,17)9-7-13-15(8-9)5-4-12-3/h7-8,10,12,14H,4-6H2,1-3H3. The summed E-state index contributed by atoms with van der Waals surface area (Å²) in [6.45, 7) is 5.51. The molecule has 1 heterocycles. The van der Waals surface area contributed by atoms with Crippen molar-refractivity contribution in [2.75, 3.05) is 13.6 Å². The van der Waals surface area contributed by atoms with E-state index in [1.807, 2.05) is 7.05 Å². The van der Waals surface area contributed by atoms with E-state index in [1.165, 1.54) is 6.20 Å². The number of likely N-dealkylation sites (N-methyl/N-ethyl adjacent to an activating group) is 1. The summed E-state index contributed by atoms with van der Waals surface area (Å²) in [6.07, 6.45) is 3.85. The molecule has 1 aromatic rings. The number of sulfonamides is 1. The third-order valence-corrected chi connectivity index (χ3v) is 4.75. The van der Waals surface area contributed by atoms with Crippen LogP contribution in [0.4, 0.5) is 0 Å². The van der Waals surface area contributed by atoms with E-state index < -0.39 is 10.0 Å². The molecule has 0 radical (unpaired) electrons. The van der Waals surface area contributed by atoms with Crippen molar-refractivity contribution in [3.05, 3.63) is 12.4 Å². The second kappa shape index (κ2) is 4.64. The highest BCUT2D eigenvalue weighted by Crippen LogP contribution is 2.45. The molecule has 2 N–H and O–H groups in total. The highest BCUT2D eigenvalue weighted by Gasteiger charge is 2.48. The van der Waals surface area contributed by atoms with Gasteiger partial charge in [0.15, 0.2) is 0 Å². The molecule has 102 valence electrons. The van der Waals surface area contributed by atoms with Gasteiger partial charge in [0.05, 0.1) is 12.7 Å². The smallest absolute Gasteiger partial charge is 0.243 e. The molecular formula is C11H20N4O2S. The van der Waals surface area contributed by atoms with Gasteiger partial charge in [0.25, 0.3) is 0 Å². The van der Waals surface area contributed by atoms with Gasteiger partial charge < -0.3 is 5.32 Å². The zero-order valence-electron chi connectivity index (χ0n) is 11.0. The Hall–Kier alpha value is -0.920. The number of rotatable bonds is 6. The minimum Gasteiger partial charge on any atom is -0.318 e. The molecule has 0 aliphatic heterocycles. The van der Waals surface area contributed by atoms with E-state index in [0.29, 0.717) is 6.54 Å². The summed E-state index contributed by atoms with van der Waals surface area (Å²) < 4.78 is 28.5. The average molecular weight is 272 g/mol. The van der Waals surface area contributed by atoms with Gasteiger partial charge in [0.2, 0.25) is 10.0 Å². The minimum absolute atomic E-state index is 0.0446. The van der Waals surface area contributed by atoms with E-state index >= 15 is 0 Å². The van der Waals surface area contributed by atoms with Crippen LogP contribution in [0, 0.1) is 5.41 Å². The van der Waals surface area contributed by atoms with Gasteiger partial charge in [-0.2, -0.15) is 5.10 Å². The van der Waals surface area contributed by atoms with Crippen LogP contribution < -0.4 is 10.0 Å². The highest BCUT2D eigenvalue weighted by atomic mass is 32.2. The Morgan fingerprint density at radius 2 is 2.22 bits per heavy atom. The molecule has 1 aliphatic rings. The van der Waals surface area contributed by atoms with Crippen molar-refractivity contribution in [1.29, 1.82) is 0 Å². The van der Waals surface area contributed by atoms with Crippen LogP contribution in [0.15, 0.2) is 17.3 Å². The SMILES string of the molecule is CNCCn1cc(S(=O)(=O)NC2CC2(C)C)cn1. The molecule has 6 nitrogen and oxygen atoms in total. The fourth-order valence-electron chi connectivity index (χ4n) is 1.76. The predicted molar refractivity (Wildman–Crippen MR) is 68.7 cm³/mol. The normalized spacial score (nSPS) is 22.1. The number of hydrogen-bond donors (Lipinski definition) is 2. The maximum Gasteiger partial charge on any atom is 0.243 e. The van der Waals surface area contributed by atoms with E-state index in [9.17, 15) is 8.42 Å². The first-order chi connectivity index (χ1) is 8.35. The molecule has 0 aromatic carbocycles. The number of nitrogens with zero attached hydrogens (tertiary/aromatic N) is 2. The topological polar surface area (TPSA) is 76.0 Å². The molecule has 0 spiro atoms. The van der Waals surface area contributed by atoms with Crippen molar-refractivity contribution < 1.29 is 8.42 Å². The van der Waals surface area contributed by atoms with Gasteiger partial charge >= 0.3 is 0 Å². The number of nitrogens with one attached hydrogen (secondary N) is 2. The van der Waals surface area contributed by atoms with Gasteiger partial charge in [-0.1, -0.05) is 13.8 Å². The lowest BCUT2D eigenvalue weighted by atomic mass is 10.2. The van der Waals surface area contributed by atoms with Crippen molar-refractivity contribution in [3.63, 3.8) is 0 Å². The Labute approximate surface area is 108 Å². The maximum absolute atomic E-state index is 12.1. The Kier molecular flexibility index (Phi) is 3.48. The van der Waals surface area contributed by atoms with Gasteiger partial charge in [-0.3, -0.25) is 4.68 Å². The van der Waals surface area contributed by atoms with Crippen molar-refractivity contribution in [1.82, 2.24) is 19.8 Å². The Bertz CT molecular complexity index is 521. The minimum atomic E-state index is -3.43. The van der Waals surface area contributed by atoms with Crippen LogP contribution in [0.3, 0.4) is 0 Å². The van der Waals surface area contributed by atoms with Crippen LogP contribution in [0.5, 0.6) is 0 Å². The van der Waals surface area contributed by atoms with Gasteiger partial charge in [0, 0.05) is 18.8 Å². The molecule has 0 amide bonds. The van der Waals surface area contributed by atoms with Crippen LogP contribution in [0.1, 0.15) is 20.3 Å². The summed E-state index contributed by atoms with van der Waals surface area (Å²) in [6, 6.07) is 0.0446. The fourth-order valence-corrected chi connectivity index (χ4v) is 3.12. The van der Waals surface area contributed by atoms with Crippen molar-refractivity contribution >= 4 is 10.0 Å². The van der Waals surface area contributed by atoms with Gasteiger partial charge in [-0.25, -0.2) is 13.1 Å². The van der Waals surface area contributed by atoms with Crippen LogP contribution in [0.25, 0.3) is 0 Å². The lowest BCUT2D eigenvalue weighted by Crippen LogP contribution is -2.28. The van der Waals surface area contributed by atoms with E-state index in [2.05, 4.69) is 29.0 Å². The first-order valence-electron chi connectivity index (χ1n) is 6.04. The average Bonchev–Trinajstić information content (AvgIpc) is 2.71. The molecular weight excluding hydrogens is 252 g/mol. The zero-order chi connectivity index (χ0) is 13.4. The maximum atomic E-state index is 12.1. The summed E-state index contributed by atoms with van der Waals surface area (Å²) in [5, 5.41) is 7.03. The highest BCUT2D eigenvalue weighted by molar-refractivity contribution is 7.89. The molecule has 1 unspecified atom stereocenters. The quantitative estimate of drug-likeness (QED) is 0.774. The van der Waals surface area contributed by atoms with Crippen molar-refractivity contribution in [2.24, 2.45) is 5.41 Å². The number of aromatic nitrogens is 2. The van der Waals surface area contributed by atoms with E-state index in [1.54, 1.807) is 10.9 Å². The molecule has 1 fully saturated rings. The molecule has 1 aromatic heterocycles. The molecule has 1 saturated carbocycles. The summed E-state index contributed by atoms with van der Waals surface area (Å²) in [5.74, 6) is 0. The Balaban J connectivity index is 2.03. The first-order valence-corrected chi connectivity index (χ1v) is 7.53. The van der Waals surface area contributed by atoms with Gasteiger partial charge in [0.1, 0.15) is 4.90 Å². The molecule has 0 saturated heterocycles. The summed E-state index contributed by atoms with van der Waals surface area (Å²) in [4.78, 5) is 0.237. The van der Waals surface area contributed by atoms with E-state index in [-0.39, 0.29) is 16.4 Å². The fraction of sp³-hybridized carbons (Fsp3) is 0.727. The molecule has 1 aliphatic carbocycles. The molecule has 7 heteroatoms. The van der Waals surface area contributed by atoms with E-state index in [0.717, 1.165) is 13.0 Å². The van der Waals surface area contributed by atoms with Crippen molar-refractivity contribution in [2.45, 2.75) is 37.8 Å². The third-order valence-electron chi connectivity index (χ3n) is 3.32.